The summed E-state index contributed by atoms with van der Waals surface area (Å²) in [5.74, 6) is 0.623. The van der Waals surface area contributed by atoms with E-state index < -0.39 is 16.1 Å². The van der Waals surface area contributed by atoms with Crippen LogP contribution in [0.2, 0.25) is 0 Å². The van der Waals surface area contributed by atoms with E-state index in [0.717, 1.165) is 29.5 Å². The fourth-order valence-corrected chi connectivity index (χ4v) is 3.91. The second-order valence-corrected chi connectivity index (χ2v) is 8.48. The number of ether oxygens (including phenoxy) is 1. The molecule has 0 bridgehead atoms. The van der Waals surface area contributed by atoms with E-state index in [-0.39, 0.29) is 11.5 Å². The smallest absolute Gasteiger partial charge is 0.421 e. The number of sulfonamides is 1. The second kappa shape index (κ2) is 9.58. The topological polar surface area (TPSA) is 98.5 Å². The highest BCUT2D eigenvalue weighted by Crippen LogP contribution is 2.34. The van der Waals surface area contributed by atoms with Gasteiger partial charge in [0.15, 0.2) is 0 Å². The average Bonchev–Trinajstić information content (AvgIpc) is 3.13. The van der Waals surface area contributed by atoms with E-state index in [9.17, 15) is 13.2 Å². The van der Waals surface area contributed by atoms with Gasteiger partial charge in [-0.05, 0) is 31.0 Å². The Hall–Kier alpha value is -3.13. The van der Waals surface area contributed by atoms with E-state index in [1.165, 1.54) is 12.1 Å². The third-order valence-electron chi connectivity index (χ3n) is 4.56. The molecule has 0 atom stereocenters. The summed E-state index contributed by atoms with van der Waals surface area (Å²) in [7, 11) is -4.02. The van der Waals surface area contributed by atoms with E-state index in [1.54, 1.807) is 19.1 Å². The first-order valence-corrected chi connectivity index (χ1v) is 11.2. The van der Waals surface area contributed by atoms with Crippen molar-refractivity contribution in [2.45, 2.75) is 38.0 Å². The van der Waals surface area contributed by atoms with Gasteiger partial charge in [0, 0.05) is 5.56 Å². The number of benzene rings is 2. The number of amides is 1. The molecule has 1 heterocycles. The minimum absolute atomic E-state index is 0.0351. The van der Waals surface area contributed by atoms with Crippen molar-refractivity contribution >= 4 is 16.1 Å². The lowest BCUT2D eigenvalue weighted by molar-refractivity contribution is 0.150. The first-order valence-electron chi connectivity index (χ1n) is 9.74. The van der Waals surface area contributed by atoms with Crippen LogP contribution in [0, 0.1) is 6.92 Å². The Labute approximate surface area is 176 Å². The summed E-state index contributed by atoms with van der Waals surface area (Å²) in [6.45, 7) is 4.01. The number of rotatable bonds is 8. The van der Waals surface area contributed by atoms with Gasteiger partial charge >= 0.3 is 6.09 Å². The molecule has 2 aromatic carbocycles. The molecule has 30 heavy (non-hydrogen) atoms. The van der Waals surface area contributed by atoms with Crippen molar-refractivity contribution < 1.29 is 22.5 Å². The average molecular weight is 429 g/mol. The van der Waals surface area contributed by atoms with Gasteiger partial charge in [-0.3, -0.25) is 0 Å². The number of aryl methyl sites for hydroxylation is 1. The van der Waals surface area contributed by atoms with E-state index in [0.29, 0.717) is 17.9 Å². The highest BCUT2D eigenvalue weighted by atomic mass is 32.2. The van der Waals surface area contributed by atoms with Crippen molar-refractivity contribution in [3.63, 3.8) is 0 Å². The summed E-state index contributed by atoms with van der Waals surface area (Å²) in [5.41, 5.74) is 3.12. The third kappa shape index (κ3) is 5.07. The molecule has 0 radical (unpaired) electrons. The number of hydrogen-bond acceptors (Lipinski definition) is 6. The van der Waals surface area contributed by atoms with Gasteiger partial charge in [-0.15, -0.1) is 0 Å². The maximum Gasteiger partial charge on any atom is 0.421 e. The molecule has 1 aromatic heterocycles. The number of hydrogen-bond donors (Lipinski definition) is 1. The summed E-state index contributed by atoms with van der Waals surface area (Å²) >= 11 is 0. The van der Waals surface area contributed by atoms with Crippen LogP contribution in [0.15, 0.2) is 64.0 Å². The normalized spacial score (nSPS) is 11.3. The molecule has 0 saturated heterocycles. The summed E-state index contributed by atoms with van der Waals surface area (Å²) in [6, 6.07) is 15.8. The molecule has 1 amide bonds. The Morgan fingerprint density at radius 2 is 1.73 bits per heavy atom. The zero-order valence-electron chi connectivity index (χ0n) is 16.9. The van der Waals surface area contributed by atoms with Crippen molar-refractivity contribution in [2.24, 2.45) is 0 Å². The maximum absolute atomic E-state index is 12.4. The van der Waals surface area contributed by atoms with Crippen molar-refractivity contribution in [2.75, 3.05) is 6.61 Å². The molecule has 0 fully saturated rings. The maximum atomic E-state index is 12.4. The molecule has 3 aromatic rings. The zero-order chi connectivity index (χ0) is 21.6. The van der Waals surface area contributed by atoms with E-state index >= 15 is 0 Å². The molecule has 0 aliphatic carbocycles. The highest BCUT2D eigenvalue weighted by Gasteiger charge is 2.20. The molecule has 0 aliphatic heterocycles. The largest absolute Gasteiger partial charge is 0.449 e. The molecule has 0 unspecified atom stereocenters. The summed E-state index contributed by atoms with van der Waals surface area (Å²) in [4.78, 5) is 11.7. The lowest BCUT2D eigenvalue weighted by Gasteiger charge is -2.09. The van der Waals surface area contributed by atoms with Gasteiger partial charge in [-0.25, -0.2) is 17.9 Å². The molecular formula is C22H24N2O5S. The summed E-state index contributed by atoms with van der Waals surface area (Å²) in [6.07, 6.45) is 1.61. The third-order valence-corrected chi connectivity index (χ3v) is 5.89. The van der Waals surface area contributed by atoms with Crippen molar-refractivity contribution in [1.29, 1.82) is 0 Å². The quantitative estimate of drug-likeness (QED) is 0.511. The molecule has 158 valence electrons. The van der Waals surface area contributed by atoms with Crippen LogP contribution in [-0.2, 0) is 14.8 Å². The van der Waals surface area contributed by atoms with Crippen LogP contribution in [0.1, 0.15) is 31.9 Å². The molecule has 1 N–H and O–H groups in total. The number of carbonyl (C=O) groups is 1. The van der Waals surface area contributed by atoms with Gasteiger partial charge in [0.2, 0.25) is 0 Å². The summed E-state index contributed by atoms with van der Waals surface area (Å²) in [5, 5.41) is 4.15. The van der Waals surface area contributed by atoms with Crippen LogP contribution < -0.4 is 4.72 Å². The number of nitrogens with one attached hydrogen (secondary N) is 1. The Bertz CT molecular complexity index is 1090. The molecule has 3 rings (SSSR count). The predicted molar refractivity (Wildman–Crippen MR) is 113 cm³/mol. The molecule has 7 nitrogen and oxygen atoms in total. The molecule has 0 saturated carbocycles. The van der Waals surface area contributed by atoms with Gasteiger partial charge < -0.3 is 9.26 Å². The Morgan fingerprint density at radius 1 is 1.03 bits per heavy atom. The predicted octanol–water partition coefficient (Wildman–Crippen LogP) is 4.92. The molecule has 0 aliphatic rings. The molecule has 8 heteroatoms. The van der Waals surface area contributed by atoms with Crippen LogP contribution in [0.4, 0.5) is 4.79 Å². The number of unbranched alkanes of at least 4 members (excludes halogenated alkanes) is 2. The number of nitrogens with zero attached hydrogens (tertiary/aromatic N) is 1. The standard InChI is InChI=1S/C22H24N2O5S/c1-3-4-8-15-28-22(25)24-30(26,27)19-13-11-17(12-14-19)20-16(2)29-23-21(20)18-9-6-5-7-10-18/h5-7,9-14H,3-4,8,15H2,1-2H3,(H,24,25). The monoisotopic (exact) mass is 428 g/mol. The lowest BCUT2D eigenvalue weighted by Crippen LogP contribution is -2.31. The minimum Gasteiger partial charge on any atom is -0.449 e. The Kier molecular flexibility index (Phi) is 6.89. The first-order chi connectivity index (χ1) is 14.4. The number of aromatic nitrogens is 1. The van der Waals surface area contributed by atoms with E-state index in [1.807, 2.05) is 42.0 Å². The Morgan fingerprint density at radius 3 is 2.40 bits per heavy atom. The second-order valence-electron chi connectivity index (χ2n) is 6.80. The zero-order valence-corrected chi connectivity index (χ0v) is 17.7. The van der Waals surface area contributed by atoms with Crippen LogP contribution in [0.25, 0.3) is 22.4 Å². The van der Waals surface area contributed by atoms with Gasteiger partial charge in [-0.1, -0.05) is 67.4 Å². The van der Waals surface area contributed by atoms with Crippen molar-refractivity contribution in [1.82, 2.24) is 9.88 Å². The van der Waals surface area contributed by atoms with Crippen LogP contribution in [0.3, 0.4) is 0 Å². The van der Waals surface area contributed by atoms with Gasteiger partial charge in [-0.2, -0.15) is 0 Å². The fraction of sp³-hybridized carbons (Fsp3) is 0.273. The number of carbonyl (C=O) groups excluding carboxylic acids is 1. The van der Waals surface area contributed by atoms with Crippen LogP contribution in [0.5, 0.6) is 0 Å². The van der Waals surface area contributed by atoms with Gasteiger partial charge in [0.25, 0.3) is 10.0 Å². The Balaban J connectivity index is 1.77. The van der Waals surface area contributed by atoms with E-state index in [4.69, 9.17) is 9.26 Å². The molecule has 0 spiro atoms. The van der Waals surface area contributed by atoms with Crippen LogP contribution >= 0.6 is 0 Å². The molecular weight excluding hydrogens is 404 g/mol. The van der Waals surface area contributed by atoms with E-state index in [2.05, 4.69) is 5.16 Å². The fourth-order valence-electron chi connectivity index (χ4n) is 3.02. The lowest BCUT2D eigenvalue weighted by atomic mass is 10.00. The van der Waals surface area contributed by atoms with Crippen molar-refractivity contribution in [3.8, 4) is 22.4 Å². The van der Waals surface area contributed by atoms with Gasteiger partial charge in [0.1, 0.15) is 11.5 Å². The highest BCUT2D eigenvalue weighted by molar-refractivity contribution is 7.90. The summed E-state index contributed by atoms with van der Waals surface area (Å²) < 4.78 is 37.1. The SMILES string of the molecule is CCCCCOC(=O)NS(=O)(=O)c1ccc(-c2c(-c3ccccc3)noc2C)cc1. The first kappa shape index (κ1) is 21.6. The van der Waals surface area contributed by atoms with Crippen molar-refractivity contribution in [3.05, 3.63) is 60.4 Å². The van der Waals surface area contributed by atoms with Gasteiger partial charge in [0.05, 0.1) is 17.1 Å². The minimum atomic E-state index is -4.02. The van der Waals surface area contributed by atoms with Crippen LogP contribution in [-0.4, -0.2) is 26.3 Å².